The summed E-state index contributed by atoms with van der Waals surface area (Å²) in [6.45, 7) is 1.05. The van der Waals surface area contributed by atoms with Crippen molar-refractivity contribution < 1.29 is 25.2 Å². The van der Waals surface area contributed by atoms with E-state index < -0.39 is 24.9 Å². The van der Waals surface area contributed by atoms with Crippen LogP contribution in [-0.2, 0) is 4.74 Å². The van der Waals surface area contributed by atoms with Crippen LogP contribution in [0, 0.1) is 0 Å². The van der Waals surface area contributed by atoms with E-state index >= 15 is 0 Å². The molecular formula is C7H12O5. The van der Waals surface area contributed by atoms with Gasteiger partial charge in [0.2, 0.25) is 0 Å². The molecule has 5 heteroatoms. The predicted molar refractivity (Wildman–Crippen MR) is 39.3 cm³/mol. The maximum absolute atomic E-state index is 9.20. The Hall–Kier alpha value is -0.780. The molecule has 12 heavy (non-hydrogen) atoms. The molecule has 3 atom stereocenters. The van der Waals surface area contributed by atoms with E-state index in [0.29, 0.717) is 0 Å². The Balaban J connectivity index is 2.83. The third-order valence-corrected chi connectivity index (χ3v) is 1.85. The Kier molecular flexibility index (Phi) is 2.56. The van der Waals surface area contributed by atoms with Gasteiger partial charge in [0.25, 0.3) is 0 Å². The molecular weight excluding hydrogens is 164 g/mol. The van der Waals surface area contributed by atoms with E-state index in [1.54, 1.807) is 0 Å². The molecule has 0 aliphatic carbocycles. The smallest absolute Gasteiger partial charge is 0.161 e. The highest BCUT2D eigenvalue weighted by Gasteiger charge is 2.36. The van der Waals surface area contributed by atoms with E-state index in [0.717, 1.165) is 0 Å². The van der Waals surface area contributed by atoms with Gasteiger partial charge in [0.05, 0.1) is 6.61 Å². The highest BCUT2D eigenvalue weighted by atomic mass is 16.5. The number of allylic oxidation sites excluding steroid dienone is 1. The second kappa shape index (κ2) is 3.30. The number of hydrogen-bond donors (Lipinski definition) is 4. The Morgan fingerprint density at radius 2 is 2.00 bits per heavy atom. The van der Waals surface area contributed by atoms with Crippen LogP contribution in [0.2, 0.25) is 0 Å². The highest BCUT2D eigenvalue weighted by molar-refractivity contribution is 5.10. The molecule has 0 aromatic heterocycles. The third-order valence-electron chi connectivity index (χ3n) is 1.85. The zero-order chi connectivity index (χ0) is 9.30. The molecule has 0 amide bonds. The van der Waals surface area contributed by atoms with E-state index in [-0.39, 0.29) is 11.5 Å². The van der Waals surface area contributed by atoms with Crippen molar-refractivity contribution in [1.82, 2.24) is 0 Å². The van der Waals surface area contributed by atoms with Gasteiger partial charge in [0.1, 0.15) is 18.0 Å². The normalized spacial score (nSPS) is 36.5. The maximum Gasteiger partial charge on any atom is 0.161 e. The number of ether oxygens (including phenoxy) is 1. The fourth-order valence-corrected chi connectivity index (χ4v) is 1.08. The van der Waals surface area contributed by atoms with E-state index in [1.165, 1.54) is 6.92 Å². The van der Waals surface area contributed by atoms with Gasteiger partial charge in [-0.15, -0.1) is 0 Å². The quantitative estimate of drug-likeness (QED) is 0.406. The first kappa shape index (κ1) is 9.31. The number of hydrogen-bond acceptors (Lipinski definition) is 5. The van der Waals surface area contributed by atoms with Crippen LogP contribution >= 0.6 is 0 Å². The van der Waals surface area contributed by atoms with Crippen LogP contribution in [0.1, 0.15) is 6.92 Å². The van der Waals surface area contributed by atoms with Crippen molar-refractivity contribution in [2.75, 3.05) is 6.61 Å². The minimum absolute atomic E-state index is 0.131. The van der Waals surface area contributed by atoms with Gasteiger partial charge in [0.15, 0.2) is 11.9 Å². The topological polar surface area (TPSA) is 90.2 Å². The second-order valence-corrected chi connectivity index (χ2v) is 2.72. The average molecular weight is 176 g/mol. The molecule has 0 saturated heterocycles. The second-order valence-electron chi connectivity index (χ2n) is 2.72. The molecule has 5 nitrogen and oxygen atoms in total. The summed E-state index contributed by atoms with van der Waals surface area (Å²) >= 11 is 0. The summed E-state index contributed by atoms with van der Waals surface area (Å²) in [6, 6.07) is 0. The first-order valence-electron chi connectivity index (χ1n) is 3.61. The van der Waals surface area contributed by atoms with Crippen LogP contribution in [0.15, 0.2) is 11.5 Å². The van der Waals surface area contributed by atoms with Crippen LogP contribution < -0.4 is 0 Å². The van der Waals surface area contributed by atoms with Crippen LogP contribution in [0.25, 0.3) is 0 Å². The average Bonchev–Trinajstić information content (AvgIpc) is 2.08. The number of aliphatic hydroxyl groups is 4. The zero-order valence-corrected chi connectivity index (χ0v) is 6.64. The van der Waals surface area contributed by atoms with Crippen LogP contribution in [0.3, 0.4) is 0 Å². The fraction of sp³-hybridized carbons (Fsp3) is 0.714. The summed E-state index contributed by atoms with van der Waals surface area (Å²) in [5.74, 6) is -0.251. The Morgan fingerprint density at radius 1 is 1.42 bits per heavy atom. The molecule has 0 aromatic carbocycles. The van der Waals surface area contributed by atoms with Gasteiger partial charge in [-0.1, -0.05) is 0 Å². The predicted octanol–water partition coefficient (Wildman–Crippen LogP) is -1.11. The van der Waals surface area contributed by atoms with Crippen molar-refractivity contribution in [3.05, 3.63) is 11.5 Å². The van der Waals surface area contributed by atoms with E-state index in [4.69, 9.17) is 20.1 Å². The van der Waals surface area contributed by atoms with Crippen molar-refractivity contribution >= 4 is 0 Å². The molecule has 2 unspecified atom stereocenters. The van der Waals surface area contributed by atoms with Gasteiger partial charge < -0.3 is 25.2 Å². The SMILES string of the molecule is CC1=C(O)C(O)[C@H](O)C(CO)O1. The standard InChI is InChI=1S/C7H12O5/c1-3-5(9)7(11)6(10)4(2-8)12-3/h4,6-11H,2H2,1H3/t4?,6-,7?/m1/s1. The van der Waals surface area contributed by atoms with Crippen LogP contribution in [0.4, 0.5) is 0 Å². The molecule has 70 valence electrons. The molecule has 0 fully saturated rings. The summed E-state index contributed by atoms with van der Waals surface area (Å²) in [6.07, 6.45) is -3.51. The molecule has 1 heterocycles. The van der Waals surface area contributed by atoms with Crippen LogP contribution in [0.5, 0.6) is 0 Å². The Bertz CT molecular complexity index is 200. The van der Waals surface area contributed by atoms with Gasteiger partial charge in [-0.3, -0.25) is 0 Å². The van der Waals surface area contributed by atoms with E-state index in [1.807, 2.05) is 0 Å². The summed E-state index contributed by atoms with van der Waals surface area (Å²) < 4.78 is 4.90. The van der Waals surface area contributed by atoms with Crippen molar-refractivity contribution in [3.63, 3.8) is 0 Å². The van der Waals surface area contributed by atoms with E-state index in [2.05, 4.69) is 0 Å². The summed E-state index contributed by atoms with van der Waals surface area (Å²) in [7, 11) is 0. The van der Waals surface area contributed by atoms with Crippen molar-refractivity contribution in [2.24, 2.45) is 0 Å². The first-order chi connectivity index (χ1) is 5.57. The highest BCUT2D eigenvalue weighted by Crippen LogP contribution is 2.22. The summed E-state index contributed by atoms with van der Waals surface area (Å²) in [5, 5.41) is 36.1. The molecule has 0 aromatic rings. The molecule has 0 saturated carbocycles. The largest absolute Gasteiger partial charge is 0.506 e. The maximum atomic E-state index is 9.20. The van der Waals surface area contributed by atoms with Crippen LogP contribution in [-0.4, -0.2) is 45.3 Å². The van der Waals surface area contributed by atoms with Crippen molar-refractivity contribution in [1.29, 1.82) is 0 Å². The monoisotopic (exact) mass is 176 g/mol. The summed E-state index contributed by atoms with van der Waals surface area (Å²) in [4.78, 5) is 0. The minimum atomic E-state index is -1.36. The van der Waals surface area contributed by atoms with Gasteiger partial charge >= 0.3 is 0 Å². The number of rotatable bonds is 1. The van der Waals surface area contributed by atoms with Gasteiger partial charge in [-0.2, -0.15) is 0 Å². The van der Waals surface area contributed by atoms with Gasteiger partial charge in [-0.25, -0.2) is 0 Å². The lowest BCUT2D eigenvalue weighted by atomic mass is 10.0. The molecule has 1 aliphatic heterocycles. The zero-order valence-electron chi connectivity index (χ0n) is 6.64. The molecule has 0 radical (unpaired) electrons. The first-order valence-corrected chi connectivity index (χ1v) is 3.61. The Morgan fingerprint density at radius 3 is 2.50 bits per heavy atom. The lowest BCUT2D eigenvalue weighted by molar-refractivity contribution is -0.111. The third kappa shape index (κ3) is 1.38. The molecule has 1 aliphatic rings. The molecule has 1 rings (SSSR count). The molecule has 0 spiro atoms. The minimum Gasteiger partial charge on any atom is -0.506 e. The number of aliphatic hydroxyl groups excluding tert-OH is 4. The lowest BCUT2D eigenvalue weighted by Gasteiger charge is -2.31. The van der Waals surface area contributed by atoms with Crippen molar-refractivity contribution in [3.8, 4) is 0 Å². The fourth-order valence-electron chi connectivity index (χ4n) is 1.08. The van der Waals surface area contributed by atoms with Crippen molar-refractivity contribution in [2.45, 2.75) is 25.2 Å². The van der Waals surface area contributed by atoms with E-state index in [9.17, 15) is 5.11 Å². The van der Waals surface area contributed by atoms with Gasteiger partial charge in [-0.05, 0) is 6.92 Å². The molecule has 4 N–H and O–H groups in total. The molecule has 0 bridgehead atoms. The summed E-state index contributed by atoms with van der Waals surface area (Å²) in [5.41, 5.74) is 0. The Labute approximate surface area is 69.5 Å². The lowest BCUT2D eigenvalue weighted by Crippen LogP contribution is -2.45. The van der Waals surface area contributed by atoms with Gasteiger partial charge in [0, 0.05) is 0 Å².